The molecular formula is C15H23NO2. The van der Waals surface area contributed by atoms with E-state index in [-0.39, 0.29) is 11.9 Å². The van der Waals surface area contributed by atoms with Crippen molar-refractivity contribution in [1.29, 1.82) is 0 Å². The Balaban J connectivity index is 2.43. The highest BCUT2D eigenvalue weighted by atomic mass is 16.5. The molecule has 0 aliphatic carbocycles. The Morgan fingerprint density at radius 2 is 1.83 bits per heavy atom. The number of hydrogen-bond acceptors (Lipinski definition) is 3. The summed E-state index contributed by atoms with van der Waals surface area (Å²) in [5.41, 5.74) is 6.18. The highest BCUT2D eigenvalue weighted by Crippen LogP contribution is 2.15. The summed E-state index contributed by atoms with van der Waals surface area (Å²) in [6, 6.07) is 7.38. The number of Topliss-reactive ketones (excluding diaryl/α,β-unsaturated/α-hetero) is 1. The van der Waals surface area contributed by atoms with Crippen molar-refractivity contribution >= 4 is 5.78 Å². The van der Waals surface area contributed by atoms with Gasteiger partial charge in [-0.1, -0.05) is 6.42 Å². The first-order chi connectivity index (χ1) is 8.63. The zero-order valence-corrected chi connectivity index (χ0v) is 11.3. The Hall–Kier alpha value is -1.35. The SMILES string of the molecule is CC(C)Oc1ccc(C(=O)CCCCCN)cc1. The Labute approximate surface area is 109 Å². The summed E-state index contributed by atoms with van der Waals surface area (Å²) < 4.78 is 5.54. The van der Waals surface area contributed by atoms with E-state index in [4.69, 9.17) is 10.5 Å². The largest absolute Gasteiger partial charge is 0.491 e. The van der Waals surface area contributed by atoms with Crippen LogP contribution in [0.3, 0.4) is 0 Å². The number of hydrogen-bond donors (Lipinski definition) is 1. The Kier molecular flexibility index (Phi) is 6.44. The summed E-state index contributed by atoms with van der Waals surface area (Å²) in [6.45, 7) is 4.67. The second-order valence-electron chi connectivity index (χ2n) is 4.71. The predicted octanol–water partition coefficient (Wildman–Crippen LogP) is 3.18. The molecule has 0 aliphatic heterocycles. The molecular weight excluding hydrogens is 226 g/mol. The van der Waals surface area contributed by atoms with Crippen LogP contribution in [0.2, 0.25) is 0 Å². The van der Waals surface area contributed by atoms with E-state index in [1.54, 1.807) is 0 Å². The van der Waals surface area contributed by atoms with Gasteiger partial charge in [-0.3, -0.25) is 4.79 Å². The molecule has 100 valence electrons. The van der Waals surface area contributed by atoms with Crippen molar-refractivity contribution in [3.63, 3.8) is 0 Å². The van der Waals surface area contributed by atoms with Gasteiger partial charge in [-0.15, -0.1) is 0 Å². The summed E-state index contributed by atoms with van der Waals surface area (Å²) in [7, 11) is 0. The van der Waals surface area contributed by atoms with Crippen LogP contribution in [0.1, 0.15) is 49.9 Å². The lowest BCUT2D eigenvalue weighted by Gasteiger charge is -2.09. The molecule has 0 bridgehead atoms. The summed E-state index contributed by atoms with van der Waals surface area (Å²) in [5, 5.41) is 0. The average molecular weight is 249 g/mol. The van der Waals surface area contributed by atoms with E-state index < -0.39 is 0 Å². The van der Waals surface area contributed by atoms with Crippen LogP contribution < -0.4 is 10.5 Å². The molecule has 0 atom stereocenters. The molecule has 3 heteroatoms. The molecule has 0 aliphatic rings. The van der Waals surface area contributed by atoms with E-state index in [1.807, 2.05) is 38.1 Å². The maximum Gasteiger partial charge on any atom is 0.162 e. The van der Waals surface area contributed by atoms with Gasteiger partial charge in [-0.2, -0.15) is 0 Å². The highest BCUT2D eigenvalue weighted by Gasteiger charge is 2.06. The number of carbonyl (C=O) groups excluding carboxylic acids is 1. The van der Waals surface area contributed by atoms with Gasteiger partial charge in [0.05, 0.1) is 6.10 Å². The second kappa shape index (κ2) is 7.88. The first kappa shape index (κ1) is 14.7. The van der Waals surface area contributed by atoms with Crippen molar-refractivity contribution in [3.8, 4) is 5.75 Å². The number of ether oxygens (including phenoxy) is 1. The van der Waals surface area contributed by atoms with E-state index in [2.05, 4.69) is 0 Å². The van der Waals surface area contributed by atoms with E-state index in [1.165, 1.54) is 0 Å². The van der Waals surface area contributed by atoms with Crippen molar-refractivity contribution in [1.82, 2.24) is 0 Å². The van der Waals surface area contributed by atoms with Crippen LogP contribution in [0, 0.1) is 0 Å². The van der Waals surface area contributed by atoms with Gasteiger partial charge in [-0.05, 0) is 57.5 Å². The molecule has 1 rings (SSSR count). The van der Waals surface area contributed by atoms with E-state index in [0.29, 0.717) is 13.0 Å². The van der Waals surface area contributed by atoms with Crippen LogP contribution in [0.5, 0.6) is 5.75 Å². The predicted molar refractivity (Wildman–Crippen MR) is 74.1 cm³/mol. The molecule has 0 saturated heterocycles. The lowest BCUT2D eigenvalue weighted by atomic mass is 10.0. The molecule has 2 N–H and O–H groups in total. The average Bonchev–Trinajstić information content (AvgIpc) is 2.34. The lowest BCUT2D eigenvalue weighted by molar-refractivity contribution is 0.0979. The topological polar surface area (TPSA) is 52.3 Å². The lowest BCUT2D eigenvalue weighted by Crippen LogP contribution is -2.06. The van der Waals surface area contributed by atoms with Crippen molar-refractivity contribution in [2.75, 3.05) is 6.54 Å². The zero-order chi connectivity index (χ0) is 13.4. The van der Waals surface area contributed by atoms with Crippen LogP contribution in [-0.2, 0) is 0 Å². The summed E-state index contributed by atoms with van der Waals surface area (Å²) in [4.78, 5) is 11.9. The fraction of sp³-hybridized carbons (Fsp3) is 0.533. The standard InChI is InChI=1S/C15H23NO2/c1-12(2)18-14-9-7-13(8-10-14)15(17)6-4-3-5-11-16/h7-10,12H,3-6,11,16H2,1-2H3. The van der Waals surface area contributed by atoms with Crippen molar-refractivity contribution in [2.45, 2.75) is 45.6 Å². The Morgan fingerprint density at radius 1 is 1.17 bits per heavy atom. The first-order valence-corrected chi connectivity index (χ1v) is 6.63. The molecule has 0 saturated carbocycles. The van der Waals surface area contributed by atoms with Gasteiger partial charge in [0.25, 0.3) is 0 Å². The number of nitrogens with two attached hydrogens (primary N) is 1. The maximum absolute atomic E-state index is 11.9. The third-order valence-electron chi connectivity index (χ3n) is 2.66. The number of rotatable bonds is 8. The minimum absolute atomic E-state index is 0.155. The van der Waals surface area contributed by atoms with Crippen molar-refractivity contribution in [2.24, 2.45) is 5.73 Å². The molecule has 1 aromatic carbocycles. The normalized spacial score (nSPS) is 10.7. The number of carbonyl (C=O) groups is 1. The van der Waals surface area contributed by atoms with Crippen molar-refractivity contribution in [3.05, 3.63) is 29.8 Å². The van der Waals surface area contributed by atoms with Crippen LogP contribution in [-0.4, -0.2) is 18.4 Å². The van der Waals surface area contributed by atoms with Gasteiger partial charge in [0.15, 0.2) is 5.78 Å². The monoisotopic (exact) mass is 249 g/mol. The van der Waals surface area contributed by atoms with Crippen LogP contribution >= 0.6 is 0 Å². The highest BCUT2D eigenvalue weighted by molar-refractivity contribution is 5.96. The molecule has 0 aromatic heterocycles. The quantitative estimate of drug-likeness (QED) is 0.568. The van der Waals surface area contributed by atoms with Gasteiger partial charge in [0.1, 0.15) is 5.75 Å². The molecule has 0 heterocycles. The van der Waals surface area contributed by atoms with Gasteiger partial charge >= 0.3 is 0 Å². The first-order valence-electron chi connectivity index (χ1n) is 6.63. The fourth-order valence-corrected chi connectivity index (χ4v) is 1.74. The number of ketones is 1. The minimum atomic E-state index is 0.155. The summed E-state index contributed by atoms with van der Waals surface area (Å²) in [6.07, 6.45) is 3.69. The zero-order valence-electron chi connectivity index (χ0n) is 11.3. The molecule has 0 spiro atoms. The Bertz CT molecular complexity index is 357. The van der Waals surface area contributed by atoms with Gasteiger partial charge in [-0.25, -0.2) is 0 Å². The number of benzene rings is 1. The summed E-state index contributed by atoms with van der Waals surface area (Å²) in [5.74, 6) is 1.01. The molecule has 0 radical (unpaired) electrons. The van der Waals surface area contributed by atoms with Crippen LogP contribution in [0.4, 0.5) is 0 Å². The maximum atomic E-state index is 11.9. The third-order valence-corrected chi connectivity index (χ3v) is 2.66. The van der Waals surface area contributed by atoms with E-state index >= 15 is 0 Å². The van der Waals surface area contributed by atoms with E-state index in [9.17, 15) is 4.79 Å². The molecule has 0 fully saturated rings. The molecule has 18 heavy (non-hydrogen) atoms. The fourth-order valence-electron chi connectivity index (χ4n) is 1.74. The van der Waals surface area contributed by atoms with Gasteiger partial charge in [0, 0.05) is 12.0 Å². The van der Waals surface area contributed by atoms with Crippen molar-refractivity contribution < 1.29 is 9.53 Å². The summed E-state index contributed by atoms with van der Waals surface area (Å²) >= 11 is 0. The Morgan fingerprint density at radius 3 is 2.39 bits per heavy atom. The molecule has 3 nitrogen and oxygen atoms in total. The van der Waals surface area contributed by atoms with Gasteiger partial charge in [0.2, 0.25) is 0 Å². The second-order valence-corrected chi connectivity index (χ2v) is 4.71. The van der Waals surface area contributed by atoms with Gasteiger partial charge < -0.3 is 10.5 Å². The minimum Gasteiger partial charge on any atom is -0.491 e. The number of unbranched alkanes of at least 4 members (excludes halogenated alkanes) is 2. The smallest absolute Gasteiger partial charge is 0.162 e. The molecule has 1 aromatic rings. The molecule has 0 amide bonds. The molecule has 0 unspecified atom stereocenters. The van der Waals surface area contributed by atoms with E-state index in [0.717, 1.165) is 30.6 Å². The third kappa shape index (κ3) is 5.32. The van der Waals surface area contributed by atoms with Crippen LogP contribution in [0.25, 0.3) is 0 Å². The van der Waals surface area contributed by atoms with Crippen LogP contribution in [0.15, 0.2) is 24.3 Å².